The maximum Gasteiger partial charge on any atom is 0.238 e. The number of hydrogen-bond donors (Lipinski definition) is 2. The third kappa shape index (κ3) is 6.53. The van der Waals surface area contributed by atoms with Crippen molar-refractivity contribution >= 4 is 27.5 Å². The van der Waals surface area contributed by atoms with Crippen molar-refractivity contribution in [2.75, 3.05) is 18.4 Å². The molecule has 0 heterocycles. The first-order chi connectivity index (χ1) is 9.67. The van der Waals surface area contributed by atoms with Crippen LogP contribution in [0.15, 0.2) is 28.7 Å². The van der Waals surface area contributed by atoms with E-state index in [1.54, 1.807) is 0 Å². The minimum Gasteiger partial charge on any atom is -0.324 e. The SMILES string of the molecule is CCCCC(CC)CNCC(=O)Nc1ccccc1Br. The van der Waals surface area contributed by atoms with Crippen molar-refractivity contribution in [3.8, 4) is 0 Å². The fraction of sp³-hybridized carbons (Fsp3) is 0.562. The predicted octanol–water partition coefficient (Wildman–Crippen LogP) is 4.19. The van der Waals surface area contributed by atoms with E-state index in [0.717, 1.165) is 16.7 Å². The topological polar surface area (TPSA) is 41.1 Å². The highest BCUT2D eigenvalue weighted by molar-refractivity contribution is 9.10. The standard InChI is InChI=1S/C16H25BrN2O/c1-3-5-8-13(4-2)11-18-12-16(20)19-15-10-7-6-9-14(15)17/h6-7,9-10,13,18H,3-5,8,11-12H2,1-2H3,(H,19,20). The minimum absolute atomic E-state index is 0.00208. The number of carbonyl (C=O) groups is 1. The molecule has 0 aliphatic carbocycles. The fourth-order valence-electron chi connectivity index (χ4n) is 2.09. The van der Waals surface area contributed by atoms with Gasteiger partial charge in [0.2, 0.25) is 5.91 Å². The lowest BCUT2D eigenvalue weighted by Gasteiger charge is -2.15. The molecule has 2 N–H and O–H groups in total. The van der Waals surface area contributed by atoms with Crippen molar-refractivity contribution < 1.29 is 4.79 Å². The summed E-state index contributed by atoms with van der Waals surface area (Å²) in [5.74, 6) is 0.674. The van der Waals surface area contributed by atoms with Crippen molar-refractivity contribution in [3.63, 3.8) is 0 Å². The summed E-state index contributed by atoms with van der Waals surface area (Å²) in [5, 5.41) is 6.15. The summed E-state index contributed by atoms with van der Waals surface area (Å²) >= 11 is 3.42. The van der Waals surface area contributed by atoms with Crippen LogP contribution in [0.2, 0.25) is 0 Å². The van der Waals surface area contributed by atoms with Gasteiger partial charge in [-0.2, -0.15) is 0 Å². The summed E-state index contributed by atoms with van der Waals surface area (Å²) in [7, 11) is 0. The molecular weight excluding hydrogens is 316 g/mol. The van der Waals surface area contributed by atoms with Crippen LogP contribution in [-0.4, -0.2) is 19.0 Å². The molecule has 112 valence electrons. The third-order valence-corrected chi connectivity index (χ3v) is 4.10. The van der Waals surface area contributed by atoms with Gasteiger partial charge in [0.05, 0.1) is 12.2 Å². The molecule has 0 spiro atoms. The van der Waals surface area contributed by atoms with Crippen LogP contribution < -0.4 is 10.6 Å². The molecule has 1 rings (SSSR count). The van der Waals surface area contributed by atoms with Gasteiger partial charge in [0.25, 0.3) is 0 Å². The van der Waals surface area contributed by atoms with E-state index in [1.807, 2.05) is 24.3 Å². The molecule has 0 aliphatic rings. The molecule has 1 unspecified atom stereocenters. The van der Waals surface area contributed by atoms with Gasteiger partial charge >= 0.3 is 0 Å². The Bertz CT molecular complexity index is 409. The zero-order valence-corrected chi connectivity index (χ0v) is 14.0. The van der Waals surface area contributed by atoms with E-state index < -0.39 is 0 Å². The van der Waals surface area contributed by atoms with Gasteiger partial charge in [0.1, 0.15) is 0 Å². The summed E-state index contributed by atoms with van der Waals surface area (Å²) in [6, 6.07) is 7.64. The quantitative estimate of drug-likeness (QED) is 0.707. The molecule has 3 nitrogen and oxygen atoms in total. The number of anilines is 1. The highest BCUT2D eigenvalue weighted by Gasteiger charge is 2.08. The van der Waals surface area contributed by atoms with Gasteiger partial charge in [-0.15, -0.1) is 0 Å². The molecule has 0 saturated heterocycles. The van der Waals surface area contributed by atoms with Crippen LogP contribution in [0, 0.1) is 5.92 Å². The summed E-state index contributed by atoms with van der Waals surface area (Å²) in [4.78, 5) is 11.9. The molecule has 0 fully saturated rings. The zero-order valence-electron chi connectivity index (χ0n) is 12.4. The number of benzene rings is 1. The van der Waals surface area contributed by atoms with Crippen LogP contribution in [0.4, 0.5) is 5.69 Å². The van der Waals surface area contributed by atoms with Crippen molar-refractivity contribution in [3.05, 3.63) is 28.7 Å². The number of nitrogens with one attached hydrogen (secondary N) is 2. The molecule has 4 heteroatoms. The number of rotatable bonds is 9. The molecule has 0 saturated carbocycles. The Balaban J connectivity index is 2.28. The number of unbranched alkanes of at least 4 members (excludes halogenated alkanes) is 1. The van der Waals surface area contributed by atoms with E-state index in [2.05, 4.69) is 40.4 Å². The molecule has 20 heavy (non-hydrogen) atoms. The molecule has 0 bridgehead atoms. The number of amides is 1. The largest absolute Gasteiger partial charge is 0.324 e. The highest BCUT2D eigenvalue weighted by atomic mass is 79.9. The number of hydrogen-bond acceptors (Lipinski definition) is 2. The van der Waals surface area contributed by atoms with Crippen LogP contribution in [0.25, 0.3) is 0 Å². The number of para-hydroxylation sites is 1. The number of halogens is 1. The van der Waals surface area contributed by atoms with Crippen LogP contribution in [-0.2, 0) is 4.79 Å². The van der Waals surface area contributed by atoms with Gasteiger partial charge in [-0.05, 0) is 46.9 Å². The van der Waals surface area contributed by atoms with E-state index in [9.17, 15) is 4.79 Å². The first-order valence-corrected chi connectivity index (χ1v) is 8.21. The van der Waals surface area contributed by atoms with Crippen LogP contribution in [0.5, 0.6) is 0 Å². The van der Waals surface area contributed by atoms with E-state index in [1.165, 1.54) is 25.7 Å². The van der Waals surface area contributed by atoms with Gasteiger partial charge in [-0.3, -0.25) is 4.79 Å². The predicted molar refractivity (Wildman–Crippen MR) is 88.9 cm³/mol. The van der Waals surface area contributed by atoms with E-state index in [4.69, 9.17) is 0 Å². The molecular formula is C16H25BrN2O. The molecule has 1 amide bonds. The van der Waals surface area contributed by atoms with E-state index >= 15 is 0 Å². The highest BCUT2D eigenvalue weighted by Crippen LogP contribution is 2.20. The lowest BCUT2D eigenvalue weighted by Crippen LogP contribution is -2.31. The molecule has 0 radical (unpaired) electrons. The maximum absolute atomic E-state index is 11.9. The van der Waals surface area contributed by atoms with Crippen LogP contribution in [0.1, 0.15) is 39.5 Å². The minimum atomic E-state index is 0.00208. The first kappa shape index (κ1) is 17.2. The summed E-state index contributed by atoms with van der Waals surface area (Å²) in [6.07, 6.45) is 4.91. The van der Waals surface area contributed by atoms with Crippen molar-refractivity contribution in [1.82, 2.24) is 5.32 Å². The second-order valence-corrected chi connectivity index (χ2v) is 5.93. The van der Waals surface area contributed by atoms with Crippen molar-refractivity contribution in [2.24, 2.45) is 5.92 Å². The molecule has 0 aromatic heterocycles. The van der Waals surface area contributed by atoms with Gasteiger partial charge < -0.3 is 10.6 Å². The second kappa shape index (κ2) is 9.94. The van der Waals surface area contributed by atoms with Gasteiger partial charge in [-0.25, -0.2) is 0 Å². The molecule has 1 aromatic carbocycles. The average Bonchev–Trinajstić information content (AvgIpc) is 2.45. The van der Waals surface area contributed by atoms with Gasteiger partial charge in [0.15, 0.2) is 0 Å². The Morgan fingerprint density at radius 3 is 2.70 bits per heavy atom. The van der Waals surface area contributed by atoms with Crippen molar-refractivity contribution in [2.45, 2.75) is 39.5 Å². The third-order valence-electron chi connectivity index (χ3n) is 3.41. The Labute approximate surface area is 130 Å². The lowest BCUT2D eigenvalue weighted by atomic mass is 9.99. The fourth-order valence-corrected chi connectivity index (χ4v) is 2.47. The van der Waals surface area contributed by atoms with E-state index in [0.29, 0.717) is 12.5 Å². The lowest BCUT2D eigenvalue weighted by molar-refractivity contribution is -0.115. The summed E-state index contributed by atoms with van der Waals surface area (Å²) in [6.45, 7) is 5.71. The van der Waals surface area contributed by atoms with Crippen LogP contribution in [0.3, 0.4) is 0 Å². The molecule has 1 atom stereocenters. The second-order valence-electron chi connectivity index (χ2n) is 5.08. The van der Waals surface area contributed by atoms with E-state index in [-0.39, 0.29) is 5.91 Å². The van der Waals surface area contributed by atoms with Gasteiger partial charge in [-0.1, -0.05) is 45.2 Å². The smallest absolute Gasteiger partial charge is 0.238 e. The molecule has 0 aliphatic heterocycles. The Hall–Kier alpha value is -0.870. The Morgan fingerprint density at radius 1 is 1.30 bits per heavy atom. The van der Waals surface area contributed by atoms with Crippen LogP contribution >= 0.6 is 15.9 Å². The molecule has 1 aromatic rings. The zero-order chi connectivity index (χ0) is 14.8. The van der Waals surface area contributed by atoms with Gasteiger partial charge in [0, 0.05) is 4.47 Å². The summed E-state index contributed by atoms with van der Waals surface area (Å²) in [5.41, 5.74) is 0.817. The first-order valence-electron chi connectivity index (χ1n) is 7.42. The monoisotopic (exact) mass is 340 g/mol. The Kier molecular flexibility index (Phi) is 8.54. The summed E-state index contributed by atoms with van der Waals surface area (Å²) < 4.78 is 0.905. The maximum atomic E-state index is 11.9. The Morgan fingerprint density at radius 2 is 2.05 bits per heavy atom. The average molecular weight is 341 g/mol. The normalized spacial score (nSPS) is 12.2. The number of carbonyl (C=O) groups excluding carboxylic acids is 1. The van der Waals surface area contributed by atoms with Crippen molar-refractivity contribution in [1.29, 1.82) is 0 Å².